The topological polar surface area (TPSA) is 21.6 Å². The Bertz CT molecular complexity index is 120. The predicted octanol–water partition coefficient (Wildman–Crippen LogP) is 1.21. The van der Waals surface area contributed by atoms with Crippen LogP contribution in [0.4, 0.5) is 0 Å². The summed E-state index contributed by atoms with van der Waals surface area (Å²) in [5.74, 6) is 0.824. The normalized spacial score (nSPS) is 36.6. The van der Waals surface area contributed by atoms with Crippen molar-refractivity contribution in [1.82, 2.24) is 0 Å². The maximum absolute atomic E-state index is 5.22. The van der Waals surface area contributed by atoms with Crippen LogP contribution >= 0.6 is 0 Å². The van der Waals surface area contributed by atoms with E-state index in [0.29, 0.717) is 6.04 Å². The molecule has 1 aliphatic rings. The maximum Gasteiger partial charge on any atom is 0.180 e. The van der Waals surface area contributed by atoms with Gasteiger partial charge in [0.1, 0.15) is 6.10 Å². The van der Waals surface area contributed by atoms with Crippen molar-refractivity contribution in [2.75, 3.05) is 0 Å². The average molecular weight is 113 g/mol. The third-order valence-corrected chi connectivity index (χ3v) is 1.42. The summed E-state index contributed by atoms with van der Waals surface area (Å²) >= 11 is 0. The van der Waals surface area contributed by atoms with Gasteiger partial charge in [0.15, 0.2) is 5.90 Å². The summed E-state index contributed by atoms with van der Waals surface area (Å²) in [5.41, 5.74) is 0. The van der Waals surface area contributed by atoms with E-state index in [4.69, 9.17) is 4.74 Å². The van der Waals surface area contributed by atoms with Crippen molar-refractivity contribution in [3.8, 4) is 0 Å². The Balaban J connectivity index is 2.56. The molecule has 0 N–H and O–H groups in total. The first-order chi connectivity index (χ1) is 3.70. The fraction of sp³-hybridized carbons (Fsp3) is 0.833. The van der Waals surface area contributed by atoms with E-state index in [-0.39, 0.29) is 6.10 Å². The number of nitrogens with zero attached hydrogens (tertiary/aromatic N) is 1. The number of aliphatic imine (C=N–C) groups is 1. The van der Waals surface area contributed by atoms with E-state index in [9.17, 15) is 0 Å². The summed E-state index contributed by atoms with van der Waals surface area (Å²) in [6.45, 7) is 5.98. The second-order valence-corrected chi connectivity index (χ2v) is 2.21. The van der Waals surface area contributed by atoms with Crippen molar-refractivity contribution in [2.45, 2.75) is 32.9 Å². The Morgan fingerprint density at radius 1 is 1.50 bits per heavy atom. The van der Waals surface area contributed by atoms with Crippen LogP contribution in [0.1, 0.15) is 20.8 Å². The van der Waals surface area contributed by atoms with Gasteiger partial charge in [-0.3, -0.25) is 0 Å². The molecule has 2 heteroatoms. The lowest BCUT2D eigenvalue weighted by Crippen LogP contribution is -2.13. The van der Waals surface area contributed by atoms with Gasteiger partial charge in [0.2, 0.25) is 0 Å². The first-order valence-corrected chi connectivity index (χ1v) is 2.91. The lowest BCUT2D eigenvalue weighted by atomic mass is 10.2. The molecular formula is C6H11NO. The Morgan fingerprint density at radius 3 is 2.25 bits per heavy atom. The SMILES string of the molecule is CC1=NC(C)[C@@H](C)O1. The minimum Gasteiger partial charge on any atom is -0.476 e. The molecule has 0 spiro atoms. The first-order valence-electron chi connectivity index (χ1n) is 2.91. The molecule has 2 atom stereocenters. The van der Waals surface area contributed by atoms with Gasteiger partial charge >= 0.3 is 0 Å². The lowest BCUT2D eigenvalue weighted by molar-refractivity contribution is 0.217. The molecule has 0 aromatic carbocycles. The highest BCUT2D eigenvalue weighted by atomic mass is 16.5. The molecule has 8 heavy (non-hydrogen) atoms. The number of ether oxygens (including phenoxy) is 1. The van der Waals surface area contributed by atoms with Crippen LogP contribution in [0.2, 0.25) is 0 Å². The molecule has 0 saturated heterocycles. The Hall–Kier alpha value is -0.530. The fourth-order valence-electron chi connectivity index (χ4n) is 0.790. The number of hydrogen-bond acceptors (Lipinski definition) is 2. The molecule has 1 unspecified atom stereocenters. The molecule has 0 aromatic heterocycles. The molecule has 46 valence electrons. The zero-order valence-electron chi connectivity index (χ0n) is 5.51. The second kappa shape index (κ2) is 1.77. The van der Waals surface area contributed by atoms with Gasteiger partial charge in [-0.1, -0.05) is 0 Å². The van der Waals surface area contributed by atoms with Crippen molar-refractivity contribution < 1.29 is 4.74 Å². The van der Waals surface area contributed by atoms with Gasteiger partial charge in [-0.15, -0.1) is 0 Å². The van der Waals surface area contributed by atoms with Crippen LogP contribution in [0.15, 0.2) is 4.99 Å². The van der Waals surface area contributed by atoms with Crippen molar-refractivity contribution >= 4 is 5.90 Å². The second-order valence-electron chi connectivity index (χ2n) is 2.21. The van der Waals surface area contributed by atoms with Crippen LogP contribution < -0.4 is 0 Å². The summed E-state index contributed by atoms with van der Waals surface area (Å²) in [7, 11) is 0. The molecule has 0 aromatic rings. The Labute approximate surface area is 49.6 Å². The molecule has 1 aliphatic heterocycles. The van der Waals surface area contributed by atoms with E-state index in [0.717, 1.165) is 5.90 Å². The van der Waals surface area contributed by atoms with Crippen molar-refractivity contribution in [1.29, 1.82) is 0 Å². The molecule has 0 aliphatic carbocycles. The predicted molar refractivity (Wildman–Crippen MR) is 33.1 cm³/mol. The van der Waals surface area contributed by atoms with Crippen molar-refractivity contribution in [2.24, 2.45) is 4.99 Å². The zero-order chi connectivity index (χ0) is 6.15. The van der Waals surface area contributed by atoms with Gasteiger partial charge in [-0.05, 0) is 13.8 Å². The van der Waals surface area contributed by atoms with Crippen LogP contribution in [-0.2, 0) is 4.74 Å². The van der Waals surface area contributed by atoms with Gasteiger partial charge in [0, 0.05) is 6.92 Å². The minimum absolute atomic E-state index is 0.287. The summed E-state index contributed by atoms with van der Waals surface area (Å²) in [4.78, 5) is 4.16. The first kappa shape index (κ1) is 5.60. The molecule has 2 nitrogen and oxygen atoms in total. The van der Waals surface area contributed by atoms with E-state index in [1.165, 1.54) is 0 Å². The smallest absolute Gasteiger partial charge is 0.180 e. The van der Waals surface area contributed by atoms with Crippen LogP contribution in [0.3, 0.4) is 0 Å². The highest BCUT2D eigenvalue weighted by Crippen LogP contribution is 2.10. The van der Waals surface area contributed by atoms with Gasteiger partial charge in [-0.2, -0.15) is 0 Å². The highest BCUT2D eigenvalue weighted by molar-refractivity contribution is 5.75. The van der Waals surface area contributed by atoms with E-state index in [1.807, 2.05) is 13.8 Å². The van der Waals surface area contributed by atoms with Gasteiger partial charge in [0.25, 0.3) is 0 Å². The van der Waals surface area contributed by atoms with Gasteiger partial charge in [0.05, 0.1) is 6.04 Å². The molecule has 1 heterocycles. The zero-order valence-corrected chi connectivity index (χ0v) is 5.51. The summed E-state index contributed by atoms with van der Waals surface area (Å²) in [6, 6.07) is 0.356. The molecule has 0 saturated carbocycles. The molecular weight excluding hydrogens is 102 g/mol. The molecule has 0 fully saturated rings. The van der Waals surface area contributed by atoms with Crippen LogP contribution in [0.5, 0.6) is 0 Å². The van der Waals surface area contributed by atoms with Crippen LogP contribution in [0, 0.1) is 0 Å². The summed E-state index contributed by atoms with van der Waals surface area (Å²) in [6.07, 6.45) is 0.287. The van der Waals surface area contributed by atoms with Crippen LogP contribution in [0.25, 0.3) is 0 Å². The number of hydrogen-bond donors (Lipinski definition) is 0. The van der Waals surface area contributed by atoms with E-state index in [2.05, 4.69) is 11.9 Å². The lowest BCUT2D eigenvalue weighted by Gasteiger charge is -2.05. The van der Waals surface area contributed by atoms with E-state index < -0.39 is 0 Å². The Morgan fingerprint density at radius 2 is 2.12 bits per heavy atom. The van der Waals surface area contributed by atoms with Crippen molar-refractivity contribution in [3.63, 3.8) is 0 Å². The number of rotatable bonds is 0. The molecule has 1 rings (SSSR count). The third-order valence-electron chi connectivity index (χ3n) is 1.42. The largest absolute Gasteiger partial charge is 0.476 e. The third kappa shape index (κ3) is 0.831. The molecule has 0 bridgehead atoms. The standard InChI is InChI=1S/C6H11NO/c1-4-5(2)8-6(3)7-4/h4-5H,1-3H3/t4?,5-/m1/s1. The molecule has 0 radical (unpaired) electrons. The van der Waals surface area contributed by atoms with Crippen LogP contribution in [-0.4, -0.2) is 18.0 Å². The summed E-state index contributed by atoms with van der Waals surface area (Å²) in [5, 5.41) is 0. The van der Waals surface area contributed by atoms with Gasteiger partial charge < -0.3 is 4.74 Å². The highest BCUT2D eigenvalue weighted by Gasteiger charge is 2.19. The fourth-order valence-corrected chi connectivity index (χ4v) is 0.790. The van der Waals surface area contributed by atoms with E-state index in [1.54, 1.807) is 0 Å². The molecule has 0 amide bonds. The van der Waals surface area contributed by atoms with E-state index >= 15 is 0 Å². The monoisotopic (exact) mass is 113 g/mol. The minimum atomic E-state index is 0.287. The summed E-state index contributed by atoms with van der Waals surface area (Å²) < 4.78 is 5.22. The maximum atomic E-state index is 5.22. The Kier molecular flexibility index (Phi) is 1.24. The van der Waals surface area contributed by atoms with Gasteiger partial charge in [-0.25, -0.2) is 4.99 Å². The average Bonchev–Trinajstić information content (AvgIpc) is 1.85. The van der Waals surface area contributed by atoms with Crippen molar-refractivity contribution in [3.05, 3.63) is 0 Å². The quantitative estimate of drug-likeness (QED) is 0.462.